The number of allylic oxidation sites excluding steroid dienone is 11. The molecule has 2 aliphatic carbocycles. The lowest BCUT2D eigenvalue weighted by Gasteiger charge is -2.44. The highest BCUT2D eigenvalue weighted by atomic mass is 16.3. The van der Waals surface area contributed by atoms with Gasteiger partial charge in [0.05, 0.1) is 17.0 Å². The number of imidazole rings is 1. The summed E-state index contributed by atoms with van der Waals surface area (Å²) in [6.07, 6.45) is 22.3. The van der Waals surface area contributed by atoms with E-state index in [9.17, 15) is 5.11 Å². The van der Waals surface area contributed by atoms with Crippen LogP contribution in [0.2, 0.25) is 0 Å². The van der Waals surface area contributed by atoms with Gasteiger partial charge in [-0.1, -0.05) is 55.7 Å². The second-order valence-electron chi connectivity index (χ2n) is 9.63. The van der Waals surface area contributed by atoms with Crippen LogP contribution in [0.4, 0.5) is 5.82 Å². The van der Waals surface area contributed by atoms with Gasteiger partial charge in [-0.25, -0.2) is 15.0 Å². The van der Waals surface area contributed by atoms with Crippen molar-refractivity contribution in [1.29, 1.82) is 0 Å². The Bertz CT molecular complexity index is 1360. The minimum Gasteiger partial charge on any atom is -0.389 e. The number of likely N-dealkylation sites (N-methyl/N-ethyl adjacent to an activating group) is 1. The van der Waals surface area contributed by atoms with E-state index in [2.05, 4.69) is 23.1 Å². The molecule has 1 fully saturated rings. The summed E-state index contributed by atoms with van der Waals surface area (Å²) in [4.78, 5) is 16.0. The zero-order valence-corrected chi connectivity index (χ0v) is 21.2. The van der Waals surface area contributed by atoms with Crippen molar-refractivity contribution in [1.82, 2.24) is 19.3 Å². The van der Waals surface area contributed by atoms with Crippen molar-refractivity contribution in [2.45, 2.75) is 31.3 Å². The van der Waals surface area contributed by atoms with Gasteiger partial charge in [0, 0.05) is 30.4 Å². The number of aliphatic imine (C=N–C) groups is 1. The van der Waals surface area contributed by atoms with Crippen molar-refractivity contribution in [2.24, 2.45) is 4.99 Å². The molecule has 36 heavy (non-hydrogen) atoms. The SMILES string of the molecule is C=C(/C=C/C=C\C=C/C)/N=C1/C=C(c2nc([C@H]3C[C@@](O)(CN(C)C)C3)n3ccnc(N)c23)C=CC1=C. The molecule has 1 saturated carbocycles. The third kappa shape index (κ3) is 5.37. The van der Waals surface area contributed by atoms with Crippen molar-refractivity contribution in [3.63, 3.8) is 0 Å². The fourth-order valence-corrected chi connectivity index (χ4v) is 4.75. The number of aromatic nitrogens is 3. The predicted molar refractivity (Wildman–Crippen MR) is 149 cm³/mol. The minimum atomic E-state index is -0.698. The molecule has 7 heteroatoms. The van der Waals surface area contributed by atoms with Crippen LogP contribution in [-0.2, 0) is 0 Å². The van der Waals surface area contributed by atoms with Gasteiger partial charge in [-0.3, -0.25) is 4.40 Å². The molecule has 0 bridgehead atoms. The Morgan fingerprint density at radius 1 is 1.28 bits per heavy atom. The third-order valence-electron chi connectivity index (χ3n) is 6.28. The first-order valence-corrected chi connectivity index (χ1v) is 12.0. The topological polar surface area (TPSA) is 92.0 Å². The summed E-state index contributed by atoms with van der Waals surface area (Å²) in [7, 11) is 3.95. The molecule has 0 aliphatic heterocycles. The van der Waals surface area contributed by atoms with E-state index in [1.54, 1.807) is 6.20 Å². The highest BCUT2D eigenvalue weighted by Crippen LogP contribution is 2.45. The monoisotopic (exact) mass is 482 g/mol. The molecule has 2 aromatic heterocycles. The molecular formula is C29H34N6O. The van der Waals surface area contributed by atoms with E-state index in [4.69, 9.17) is 10.7 Å². The molecule has 186 valence electrons. The van der Waals surface area contributed by atoms with Crippen molar-refractivity contribution < 1.29 is 5.11 Å². The molecule has 0 spiro atoms. The van der Waals surface area contributed by atoms with Crippen LogP contribution < -0.4 is 5.73 Å². The van der Waals surface area contributed by atoms with E-state index < -0.39 is 5.60 Å². The van der Waals surface area contributed by atoms with Crippen LogP contribution in [0.1, 0.15) is 37.2 Å². The third-order valence-corrected chi connectivity index (χ3v) is 6.28. The smallest absolute Gasteiger partial charge is 0.150 e. The van der Waals surface area contributed by atoms with Gasteiger partial charge in [0.25, 0.3) is 0 Å². The summed E-state index contributed by atoms with van der Waals surface area (Å²) >= 11 is 0. The number of fused-ring (bicyclic) bond motifs is 1. The Morgan fingerprint density at radius 3 is 2.75 bits per heavy atom. The van der Waals surface area contributed by atoms with Crippen molar-refractivity contribution >= 4 is 22.6 Å². The molecule has 0 saturated heterocycles. The predicted octanol–water partition coefficient (Wildman–Crippen LogP) is 4.63. The van der Waals surface area contributed by atoms with E-state index in [-0.39, 0.29) is 5.92 Å². The number of nitrogens with zero attached hydrogens (tertiary/aromatic N) is 5. The fraction of sp³-hybridized carbons (Fsp3) is 0.276. The Hall–Kier alpha value is -3.81. The Morgan fingerprint density at radius 2 is 2.03 bits per heavy atom. The molecule has 4 rings (SSSR count). The maximum atomic E-state index is 10.9. The van der Waals surface area contributed by atoms with Gasteiger partial charge in [0.15, 0.2) is 0 Å². The largest absolute Gasteiger partial charge is 0.389 e. The molecule has 0 aromatic carbocycles. The lowest BCUT2D eigenvalue weighted by atomic mass is 9.70. The molecular weight excluding hydrogens is 448 g/mol. The van der Waals surface area contributed by atoms with Crippen LogP contribution >= 0.6 is 0 Å². The zero-order valence-electron chi connectivity index (χ0n) is 21.2. The first kappa shape index (κ1) is 25.3. The minimum absolute atomic E-state index is 0.134. The number of nitrogens with two attached hydrogens (primary N) is 1. The number of hydrogen-bond acceptors (Lipinski definition) is 6. The van der Waals surface area contributed by atoms with E-state index in [1.165, 1.54) is 0 Å². The van der Waals surface area contributed by atoms with Gasteiger partial charge in [0.1, 0.15) is 22.9 Å². The second-order valence-corrected chi connectivity index (χ2v) is 9.63. The van der Waals surface area contributed by atoms with Gasteiger partial charge in [-0.05, 0) is 51.6 Å². The highest BCUT2D eigenvalue weighted by Gasteiger charge is 2.45. The van der Waals surface area contributed by atoms with Gasteiger partial charge in [-0.15, -0.1) is 0 Å². The fourth-order valence-electron chi connectivity index (χ4n) is 4.75. The van der Waals surface area contributed by atoms with E-state index >= 15 is 0 Å². The van der Waals surface area contributed by atoms with E-state index in [0.29, 0.717) is 36.6 Å². The summed E-state index contributed by atoms with van der Waals surface area (Å²) in [5.74, 6) is 1.43. The summed E-state index contributed by atoms with van der Waals surface area (Å²) in [5, 5.41) is 10.9. The average molecular weight is 483 g/mol. The molecule has 3 N–H and O–H groups in total. The molecule has 7 nitrogen and oxygen atoms in total. The van der Waals surface area contributed by atoms with Crippen molar-refractivity contribution in [2.75, 3.05) is 26.4 Å². The molecule has 2 aromatic rings. The van der Waals surface area contributed by atoms with Crippen molar-refractivity contribution in [3.8, 4) is 0 Å². The lowest BCUT2D eigenvalue weighted by Crippen LogP contribution is -2.50. The quantitative estimate of drug-likeness (QED) is 0.535. The summed E-state index contributed by atoms with van der Waals surface area (Å²) < 4.78 is 2.01. The normalized spacial score (nSPS) is 23.6. The summed E-state index contributed by atoms with van der Waals surface area (Å²) in [5.41, 5.74) is 10.1. The lowest BCUT2D eigenvalue weighted by molar-refractivity contribution is -0.0664. The maximum Gasteiger partial charge on any atom is 0.150 e. The van der Waals surface area contributed by atoms with Crippen LogP contribution in [0.5, 0.6) is 0 Å². The number of hydrogen-bond donors (Lipinski definition) is 2. The Kier molecular flexibility index (Phi) is 7.33. The van der Waals surface area contributed by atoms with Gasteiger partial charge in [-0.2, -0.15) is 0 Å². The second kappa shape index (κ2) is 10.4. The molecule has 0 unspecified atom stereocenters. The molecule has 2 aliphatic rings. The molecule has 0 atom stereocenters. The highest BCUT2D eigenvalue weighted by molar-refractivity contribution is 6.17. The van der Waals surface area contributed by atoms with Gasteiger partial charge >= 0.3 is 0 Å². The first-order chi connectivity index (χ1) is 17.2. The number of rotatable bonds is 8. The van der Waals surface area contributed by atoms with Crippen molar-refractivity contribution in [3.05, 3.63) is 103 Å². The summed E-state index contributed by atoms with van der Waals surface area (Å²) in [6.45, 7) is 10.8. The van der Waals surface area contributed by atoms with Crippen LogP contribution in [0.15, 0.2) is 96.5 Å². The maximum absolute atomic E-state index is 10.9. The van der Waals surface area contributed by atoms with Crippen LogP contribution in [0, 0.1) is 0 Å². The number of nitrogen functional groups attached to an aromatic ring is 1. The standard InChI is InChI=1S/C29H34N6O/c1-6-7-8-9-10-11-21(3)32-24-16-22(13-12-20(24)2)25-26-27(30)31-14-15-35(26)28(33-25)23-17-29(36,18-23)19-34(4)5/h6-16,23,36H,2-3,17-19H2,1,4-5H3,(H2,30,31)/b7-6-,9-8-,11-10+,32-24-/t23-,29-. The van der Waals surface area contributed by atoms with E-state index in [0.717, 1.165) is 28.2 Å². The number of aliphatic hydroxyl groups is 1. The van der Waals surface area contributed by atoms with Gasteiger partial charge in [0.2, 0.25) is 0 Å². The average Bonchev–Trinajstić information content (AvgIpc) is 3.19. The van der Waals surface area contributed by atoms with Crippen LogP contribution in [0.3, 0.4) is 0 Å². The van der Waals surface area contributed by atoms with Gasteiger partial charge < -0.3 is 15.7 Å². The Labute approximate surface area is 212 Å². The number of anilines is 1. The zero-order chi connectivity index (χ0) is 25.9. The molecule has 0 radical (unpaired) electrons. The first-order valence-electron chi connectivity index (χ1n) is 12.0. The van der Waals surface area contributed by atoms with E-state index in [1.807, 2.05) is 91.2 Å². The van der Waals surface area contributed by atoms with Crippen LogP contribution in [0.25, 0.3) is 11.1 Å². The molecule has 0 amide bonds. The Balaban J connectivity index is 1.66. The molecule has 2 heterocycles. The van der Waals surface area contributed by atoms with Crippen LogP contribution in [-0.4, -0.2) is 56.3 Å². The summed E-state index contributed by atoms with van der Waals surface area (Å²) in [6, 6.07) is 0.